The maximum absolute atomic E-state index is 14.5. The minimum absolute atomic E-state index is 0.0255. The molecule has 28 heavy (non-hydrogen) atoms. The van der Waals surface area contributed by atoms with Crippen molar-refractivity contribution in [3.63, 3.8) is 0 Å². The first-order valence-corrected chi connectivity index (χ1v) is 11.1. The monoisotopic (exact) mass is 406 g/mol. The Kier molecular flexibility index (Phi) is 6.18. The molecule has 6 nitrogen and oxygen atoms in total. The van der Waals surface area contributed by atoms with Crippen molar-refractivity contribution in [1.29, 1.82) is 0 Å². The second kappa shape index (κ2) is 8.80. The lowest BCUT2D eigenvalue weighted by atomic mass is 10.1. The number of H-pyrrole nitrogens is 1. The number of hydrogen-bond acceptors (Lipinski definition) is 6. The summed E-state index contributed by atoms with van der Waals surface area (Å²) in [6, 6.07) is 3.56. The number of aromatic nitrogens is 2. The Morgan fingerprint density at radius 2 is 2.11 bits per heavy atom. The highest BCUT2D eigenvalue weighted by Crippen LogP contribution is 2.27. The number of thioether (sulfide) groups is 1. The van der Waals surface area contributed by atoms with Crippen LogP contribution in [0.4, 0.5) is 10.1 Å². The van der Waals surface area contributed by atoms with Gasteiger partial charge in [0.15, 0.2) is 0 Å². The molecule has 1 saturated carbocycles. The average Bonchev–Trinajstić information content (AvgIpc) is 3.19. The number of ether oxygens (including phenoxy) is 1. The number of fused-ring (bicyclic) bond motifs is 1. The van der Waals surface area contributed by atoms with E-state index in [4.69, 9.17) is 10.5 Å². The Balaban J connectivity index is 1.48. The molecule has 0 bridgehead atoms. The van der Waals surface area contributed by atoms with Crippen molar-refractivity contribution < 1.29 is 9.13 Å². The van der Waals surface area contributed by atoms with Crippen LogP contribution in [-0.4, -0.2) is 40.5 Å². The molecule has 1 saturated heterocycles. The molecular weight excluding hydrogens is 379 g/mol. The normalized spacial score (nSPS) is 23.4. The largest absolute Gasteiger partial charge is 0.382 e. The first-order valence-electron chi connectivity index (χ1n) is 10.0. The molecule has 2 aromatic rings. The Morgan fingerprint density at radius 1 is 1.29 bits per heavy atom. The quantitative estimate of drug-likeness (QED) is 0.682. The van der Waals surface area contributed by atoms with Gasteiger partial charge in [-0.05, 0) is 37.8 Å². The third-order valence-electron chi connectivity index (χ3n) is 5.58. The Morgan fingerprint density at radius 3 is 2.82 bits per heavy atom. The molecular formula is C20H27FN4O2S. The Bertz CT molecular complexity index is 876. The molecule has 1 aliphatic carbocycles. The molecule has 0 radical (unpaired) electrons. The van der Waals surface area contributed by atoms with Crippen LogP contribution in [0.3, 0.4) is 0 Å². The van der Waals surface area contributed by atoms with Crippen LogP contribution in [-0.2, 0) is 10.5 Å². The van der Waals surface area contributed by atoms with Gasteiger partial charge in [-0.1, -0.05) is 12.8 Å². The van der Waals surface area contributed by atoms with Crippen LogP contribution < -0.4 is 16.6 Å². The zero-order valence-electron chi connectivity index (χ0n) is 15.9. The number of nitrogens with two attached hydrogens (primary N) is 1. The van der Waals surface area contributed by atoms with E-state index in [0.29, 0.717) is 47.2 Å². The van der Waals surface area contributed by atoms with E-state index in [0.717, 1.165) is 25.7 Å². The molecule has 1 aromatic heterocycles. The molecule has 8 heteroatoms. The van der Waals surface area contributed by atoms with Gasteiger partial charge in [-0.2, -0.15) is 0 Å². The molecule has 1 aliphatic heterocycles. The highest BCUT2D eigenvalue weighted by atomic mass is 32.2. The van der Waals surface area contributed by atoms with E-state index in [9.17, 15) is 9.18 Å². The SMILES string of the molecule is NC[C@@H]1CC[C@H](SCc2nc3cc(NC4CCCC4)cc(F)c3c(=O)[nH]2)CO1. The van der Waals surface area contributed by atoms with E-state index >= 15 is 0 Å². The van der Waals surface area contributed by atoms with Crippen LogP contribution in [0.15, 0.2) is 16.9 Å². The standard InChI is InChI=1S/C20H27FN4O2S/c21-16-7-13(23-12-3-1-2-4-12)8-17-19(16)20(26)25-18(24-17)11-28-15-6-5-14(9-22)27-10-15/h7-8,12,14-15,23H,1-6,9-11,22H2,(H,24,25,26)/t14-,15-/m0/s1. The van der Waals surface area contributed by atoms with Crippen molar-refractivity contribution in [2.75, 3.05) is 18.5 Å². The summed E-state index contributed by atoms with van der Waals surface area (Å²) >= 11 is 1.71. The Hall–Kier alpha value is -1.64. The lowest BCUT2D eigenvalue weighted by molar-refractivity contribution is 0.0259. The van der Waals surface area contributed by atoms with E-state index in [1.807, 2.05) is 0 Å². The first-order chi connectivity index (χ1) is 13.6. The van der Waals surface area contributed by atoms with Crippen LogP contribution in [0.2, 0.25) is 0 Å². The maximum Gasteiger partial charge on any atom is 0.261 e. The number of benzene rings is 1. The molecule has 0 amide bonds. The van der Waals surface area contributed by atoms with Crippen LogP contribution in [0.5, 0.6) is 0 Å². The number of hydrogen-bond donors (Lipinski definition) is 3. The van der Waals surface area contributed by atoms with Crippen molar-refractivity contribution in [1.82, 2.24) is 9.97 Å². The zero-order valence-corrected chi connectivity index (χ0v) is 16.7. The summed E-state index contributed by atoms with van der Waals surface area (Å²) in [5.74, 6) is 0.606. The summed E-state index contributed by atoms with van der Waals surface area (Å²) in [4.78, 5) is 19.7. The number of rotatable bonds is 6. The second-order valence-corrected chi connectivity index (χ2v) is 8.98. The predicted molar refractivity (Wildman–Crippen MR) is 111 cm³/mol. The molecule has 2 heterocycles. The summed E-state index contributed by atoms with van der Waals surface area (Å²) in [7, 11) is 0. The molecule has 152 valence electrons. The molecule has 4 N–H and O–H groups in total. The maximum atomic E-state index is 14.5. The Labute approximate surface area is 167 Å². The molecule has 0 unspecified atom stereocenters. The fourth-order valence-electron chi connectivity index (χ4n) is 4.03. The number of aromatic amines is 1. The van der Waals surface area contributed by atoms with Gasteiger partial charge in [-0.25, -0.2) is 9.37 Å². The van der Waals surface area contributed by atoms with Crippen molar-refractivity contribution in [2.45, 2.75) is 61.7 Å². The molecule has 2 fully saturated rings. The summed E-state index contributed by atoms with van der Waals surface area (Å²) in [5.41, 5.74) is 6.32. The first kappa shape index (κ1) is 19.7. The summed E-state index contributed by atoms with van der Waals surface area (Å²) in [5, 5.41) is 3.76. The van der Waals surface area contributed by atoms with Crippen LogP contribution in [0, 0.1) is 5.82 Å². The van der Waals surface area contributed by atoms with E-state index in [1.165, 1.54) is 18.9 Å². The van der Waals surface area contributed by atoms with Crippen molar-refractivity contribution in [2.24, 2.45) is 5.73 Å². The number of halogens is 1. The predicted octanol–water partition coefficient (Wildman–Crippen LogP) is 3.16. The van der Waals surface area contributed by atoms with Gasteiger partial charge in [0.25, 0.3) is 5.56 Å². The summed E-state index contributed by atoms with van der Waals surface area (Å²) in [6.45, 7) is 1.22. The van der Waals surface area contributed by atoms with Crippen molar-refractivity contribution in [3.8, 4) is 0 Å². The van der Waals surface area contributed by atoms with Crippen LogP contribution in [0.25, 0.3) is 10.9 Å². The lowest BCUT2D eigenvalue weighted by Gasteiger charge is -2.27. The van der Waals surface area contributed by atoms with Gasteiger partial charge in [0.05, 0.1) is 24.0 Å². The van der Waals surface area contributed by atoms with Crippen molar-refractivity contribution in [3.05, 3.63) is 34.1 Å². The van der Waals surface area contributed by atoms with Crippen molar-refractivity contribution >= 4 is 28.4 Å². The van der Waals surface area contributed by atoms with Crippen LogP contribution >= 0.6 is 11.8 Å². The molecule has 0 spiro atoms. The fourth-order valence-corrected chi connectivity index (χ4v) is 5.03. The van der Waals surface area contributed by atoms with Crippen LogP contribution in [0.1, 0.15) is 44.3 Å². The second-order valence-electron chi connectivity index (χ2n) is 7.69. The third kappa shape index (κ3) is 4.50. The van der Waals surface area contributed by atoms with Gasteiger partial charge in [-0.3, -0.25) is 4.79 Å². The van der Waals surface area contributed by atoms with Gasteiger partial charge < -0.3 is 20.8 Å². The van der Waals surface area contributed by atoms with Gasteiger partial charge >= 0.3 is 0 Å². The number of anilines is 1. The highest BCUT2D eigenvalue weighted by molar-refractivity contribution is 7.99. The smallest absolute Gasteiger partial charge is 0.261 e. The number of nitrogens with one attached hydrogen (secondary N) is 2. The lowest BCUT2D eigenvalue weighted by Crippen LogP contribution is -2.33. The van der Waals surface area contributed by atoms with E-state index in [1.54, 1.807) is 17.8 Å². The average molecular weight is 407 g/mol. The minimum Gasteiger partial charge on any atom is -0.382 e. The van der Waals surface area contributed by atoms with Gasteiger partial charge in [0.1, 0.15) is 17.0 Å². The highest BCUT2D eigenvalue weighted by Gasteiger charge is 2.22. The molecule has 2 atom stereocenters. The van der Waals surface area contributed by atoms with E-state index in [2.05, 4.69) is 15.3 Å². The van der Waals surface area contributed by atoms with Gasteiger partial charge in [0, 0.05) is 23.5 Å². The van der Waals surface area contributed by atoms with Gasteiger partial charge in [-0.15, -0.1) is 11.8 Å². The topological polar surface area (TPSA) is 93.0 Å². The molecule has 1 aromatic carbocycles. The molecule has 2 aliphatic rings. The third-order valence-corrected chi connectivity index (χ3v) is 6.87. The fraction of sp³-hybridized carbons (Fsp3) is 0.600. The van der Waals surface area contributed by atoms with Gasteiger partial charge in [0.2, 0.25) is 0 Å². The summed E-state index contributed by atoms with van der Waals surface area (Å²) in [6.07, 6.45) is 6.74. The van der Waals surface area contributed by atoms with E-state index in [-0.39, 0.29) is 11.5 Å². The zero-order chi connectivity index (χ0) is 19.5. The summed E-state index contributed by atoms with van der Waals surface area (Å²) < 4.78 is 20.2. The molecule has 4 rings (SSSR count). The number of nitrogens with zero attached hydrogens (tertiary/aromatic N) is 1. The minimum atomic E-state index is -0.528. The van der Waals surface area contributed by atoms with E-state index < -0.39 is 11.4 Å².